The summed E-state index contributed by atoms with van der Waals surface area (Å²) in [6, 6.07) is 13.9. The monoisotopic (exact) mass is 508 g/mol. The molecule has 0 saturated carbocycles. The van der Waals surface area contributed by atoms with Gasteiger partial charge >= 0.3 is 0 Å². The van der Waals surface area contributed by atoms with Gasteiger partial charge in [-0.15, -0.1) is 0 Å². The molecular weight excluding hydrogens is 478 g/mol. The molecule has 0 radical (unpaired) electrons. The molecule has 1 aliphatic heterocycles. The number of ether oxygens (including phenoxy) is 2. The van der Waals surface area contributed by atoms with Crippen LogP contribution in [0.1, 0.15) is 18.4 Å². The summed E-state index contributed by atoms with van der Waals surface area (Å²) in [6.45, 7) is 2.21. The molecule has 1 fully saturated rings. The Balaban J connectivity index is 1.49. The number of alkyl halides is 1. The number of rotatable bonds is 9. The average molecular weight is 509 g/mol. The normalized spacial score (nSPS) is 14.7. The summed E-state index contributed by atoms with van der Waals surface area (Å²) >= 11 is 0. The third-order valence-electron chi connectivity index (χ3n) is 6.59. The van der Waals surface area contributed by atoms with Gasteiger partial charge in [0.1, 0.15) is 23.6 Å². The van der Waals surface area contributed by atoms with E-state index in [9.17, 15) is 8.78 Å². The van der Waals surface area contributed by atoms with Gasteiger partial charge in [-0.25, -0.2) is 18.4 Å². The zero-order valence-corrected chi connectivity index (χ0v) is 20.7. The van der Waals surface area contributed by atoms with Gasteiger partial charge in [0.15, 0.2) is 23.0 Å². The number of aromatic nitrogens is 3. The summed E-state index contributed by atoms with van der Waals surface area (Å²) in [5, 5.41) is 9.08. The van der Waals surface area contributed by atoms with E-state index >= 15 is 0 Å². The van der Waals surface area contributed by atoms with Crippen molar-refractivity contribution >= 4 is 22.5 Å². The second kappa shape index (κ2) is 11.0. The first-order valence-corrected chi connectivity index (χ1v) is 12.3. The van der Waals surface area contributed by atoms with Crippen molar-refractivity contribution in [1.29, 1.82) is 0 Å². The van der Waals surface area contributed by atoms with Gasteiger partial charge in [-0.3, -0.25) is 0 Å². The van der Waals surface area contributed by atoms with Crippen LogP contribution in [0.4, 0.5) is 20.3 Å². The quantitative estimate of drug-likeness (QED) is 0.313. The summed E-state index contributed by atoms with van der Waals surface area (Å²) in [5.74, 6) is 1.34. The summed E-state index contributed by atoms with van der Waals surface area (Å²) in [4.78, 5) is 6.72. The Morgan fingerprint density at radius 1 is 1.08 bits per heavy atom. The van der Waals surface area contributed by atoms with Gasteiger partial charge in [0.05, 0.1) is 13.7 Å². The van der Waals surface area contributed by atoms with E-state index in [2.05, 4.69) is 15.2 Å². The van der Waals surface area contributed by atoms with Gasteiger partial charge in [-0.1, -0.05) is 12.1 Å². The molecule has 194 valence electrons. The fraction of sp³-hybridized carbons (Fsp3) is 0.333. The summed E-state index contributed by atoms with van der Waals surface area (Å²) in [7, 11) is 1.63. The predicted molar refractivity (Wildman–Crippen MR) is 140 cm³/mol. The van der Waals surface area contributed by atoms with Crippen LogP contribution in [0.25, 0.3) is 11.0 Å². The van der Waals surface area contributed by atoms with E-state index in [0.717, 1.165) is 37.2 Å². The third kappa shape index (κ3) is 5.59. The van der Waals surface area contributed by atoms with Crippen molar-refractivity contribution in [3.05, 3.63) is 66.1 Å². The SMILES string of the molecule is COc1ccc(Cn2nc(NC3CCN(CCF)CC3)c3c(Oc4ccc(N)cc4F)ccnc32)cc1. The number of nitrogens with one attached hydrogen (secondary N) is 1. The van der Waals surface area contributed by atoms with Crippen LogP contribution in [0.5, 0.6) is 17.2 Å². The van der Waals surface area contributed by atoms with Gasteiger partial charge < -0.3 is 25.4 Å². The minimum Gasteiger partial charge on any atom is -0.497 e. The number of benzene rings is 2. The molecule has 3 heterocycles. The lowest BCUT2D eigenvalue weighted by Crippen LogP contribution is -2.40. The number of piperidine rings is 1. The topological polar surface area (TPSA) is 90.5 Å². The van der Waals surface area contributed by atoms with E-state index in [-0.39, 0.29) is 18.5 Å². The summed E-state index contributed by atoms with van der Waals surface area (Å²) < 4.78 is 40.4. The molecule has 2 aromatic heterocycles. The molecule has 0 aliphatic carbocycles. The second-order valence-corrected chi connectivity index (χ2v) is 9.10. The van der Waals surface area contributed by atoms with Crippen LogP contribution in [0.2, 0.25) is 0 Å². The Bertz CT molecular complexity index is 1350. The number of hydrogen-bond acceptors (Lipinski definition) is 7. The molecule has 2 aromatic carbocycles. The molecular formula is C27H30F2N6O2. The summed E-state index contributed by atoms with van der Waals surface area (Å²) in [5.41, 5.74) is 7.66. The maximum Gasteiger partial charge on any atom is 0.167 e. The van der Waals surface area contributed by atoms with E-state index < -0.39 is 5.82 Å². The highest BCUT2D eigenvalue weighted by molar-refractivity contribution is 5.93. The first-order chi connectivity index (χ1) is 18.0. The molecule has 8 nitrogen and oxygen atoms in total. The van der Waals surface area contributed by atoms with Gasteiger partial charge in [0, 0.05) is 49.7 Å². The van der Waals surface area contributed by atoms with Crippen LogP contribution in [-0.4, -0.2) is 59.1 Å². The number of pyridine rings is 1. The Kier molecular flexibility index (Phi) is 7.36. The van der Waals surface area contributed by atoms with Crippen molar-refractivity contribution in [1.82, 2.24) is 19.7 Å². The number of nitrogens with zero attached hydrogens (tertiary/aromatic N) is 4. The Labute approximate surface area is 214 Å². The number of anilines is 2. The number of fused-ring (bicyclic) bond motifs is 1. The van der Waals surface area contributed by atoms with Crippen LogP contribution in [-0.2, 0) is 6.54 Å². The lowest BCUT2D eigenvalue weighted by molar-refractivity contribution is 0.202. The van der Waals surface area contributed by atoms with Crippen molar-refractivity contribution < 1.29 is 18.3 Å². The van der Waals surface area contributed by atoms with Gasteiger partial charge in [0.2, 0.25) is 0 Å². The highest BCUT2D eigenvalue weighted by Gasteiger charge is 2.24. The lowest BCUT2D eigenvalue weighted by atomic mass is 10.0. The second-order valence-electron chi connectivity index (χ2n) is 9.10. The van der Waals surface area contributed by atoms with Crippen molar-refractivity contribution in [2.75, 3.05) is 44.5 Å². The van der Waals surface area contributed by atoms with E-state index in [4.69, 9.17) is 20.3 Å². The smallest absolute Gasteiger partial charge is 0.167 e. The van der Waals surface area contributed by atoms with E-state index in [0.29, 0.717) is 41.4 Å². The highest BCUT2D eigenvalue weighted by Crippen LogP contribution is 2.36. The zero-order valence-electron chi connectivity index (χ0n) is 20.7. The predicted octanol–water partition coefficient (Wildman–Crippen LogP) is 4.85. The van der Waals surface area contributed by atoms with E-state index in [1.807, 2.05) is 28.9 Å². The molecule has 1 saturated heterocycles. The third-order valence-corrected chi connectivity index (χ3v) is 6.59. The van der Waals surface area contributed by atoms with Crippen molar-refractivity contribution in [2.45, 2.75) is 25.4 Å². The lowest BCUT2D eigenvalue weighted by Gasteiger charge is -2.31. The molecule has 0 spiro atoms. The minimum absolute atomic E-state index is 0.0649. The van der Waals surface area contributed by atoms with Crippen LogP contribution >= 0.6 is 0 Å². The molecule has 1 aliphatic rings. The molecule has 3 N–H and O–H groups in total. The van der Waals surface area contributed by atoms with Crippen molar-refractivity contribution in [2.24, 2.45) is 0 Å². The first-order valence-electron chi connectivity index (χ1n) is 12.3. The maximum atomic E-state index is 14.6. The van der Waals surface area contributed by atoms with Crippen LogP contribution in [0.3, 0.4) is 0 Å². The molecule has 0 bridgehead atoms. The number of nitrogens with two attached hydrogens (primary N) is 1. The van der Waals surface area contributed by atoms with E-state index in [1.54, 1.807) is 25.4 Å². The number of methoxy groups -OCH3 is 1. The summed E-state index contributed by atoms with van der Waals surface area (Å²) in [6.07, 6.45) is 3.34. The molecule has 4 aromatic rings. The van der Waals surface area contributed by atoms with Gasteiger partial charge in [-0.05, 0) is 42.7 Å². The molecule has 0 amide bonds. The number of halogens is 2. The number of likely N-dealkylation sites (tertiary alicyclic amines) is 1. The van der Waals surface area contributed by atoms with Crippen LogP contribution in [0.15, 0.2) is 54.7 Å². The molecule has 0 unspecified atom stereocenters. The first kappa shape index (κ1) is 24.8. The molecule has 5 rings (SSSR count). The number of hydrogen-bond donors (Lipinski definition) is 2. The zero-order chi connectivity index (χ0) is 25.8. The fourth-order valence-corrected chi connectivity index (χ4v) is 4.60. The Morgan fingerprint density at radius 3 is 2.57 bits per heavy atom. The van der Waals surface area contributed by atoms with Gasteiger partial charge in [-0.2, -0.15) is 5.10 Å². The van der Waals surface area contributed by atoms with Gasteiger partial charge in [0.25, 0.3) is 0 Å². The van der Waals surface area contributed by atoms with Crippen LogP contribution < -0.4 is 20.5 Å². The average Bonchev–Trinajstić information content (AvgIpc) is 3.25. The molecule has 10 heteroatoms. The van der Waals surface area contributed by atoms with Crippen molar-refractivity contribution in [3.63, 3.8) is 0 Å². The standard InChI is InChI=1S/C27H30F2N6O2/c1-36-21-5-2-18(3-6-21)17-35-27-25(26(33-35)32-20-9-13-34(14-10-20)15-11-28)24(8-12-31-27)37-23-7-4-19(30)16-22(23)29/h2-8,12,16,20H,9-11,13-15,17,30H2,1H3,(H,32,33). The minimum atomic E-state index is -0.551. The Hall–Kier alpha value is -3.92. The molecule has 37 heavy (non-hydrogen) atoms. The molecule has 0 atom stereocenters. The largest absolute Gasteiger partial charge is 0.497 e. The van der Waals surface area contributed by atoms with Crippen molar-refractivity contribution in [3.8, 4) is 17.2 Å². The highest BCUT2D eigenvalue weighted by atomic mass is 19.1. The fourth-order valence-electron chi connectivity index (χ4n) is 4.60. The van der Waals surface area contributed by atoms with E-state index in [1.165, 1.54) is 12.1 Å². The van der Waals surface area contributed by atoms with Crippen LogP contribution in [0, 0.1) is 5.82 Å². The Morgan fingerprint density at radius 2 is 1.86 bits per heavy atom. The maximum absolute atomic E-state index is 14.6. The number of nitrogen functional groups attached to an aromatic ring is 1.